The molecule has 33 heavy (non-hydrogen) atoms. The number of amides is 1. The lowest BCUT2D eigenvalue weighted by molar-refractivity contribution is 0.102. The van der Waals surface area contributed by atoms with Gasteiger partial charge in [0.1, 0.15) is 0 Å². The van der Waals surface area contributed by atoms with Gasteiger partial charge in [0.15, 0.2) is 0 Å². The van der Waals surface area contributed by atoms with Gasteiger partial charge >= 0.3 is 0 Å². The van der Waals surface area contributed by atoms with Crippen LogP contribution in [0.5, 0.6) is 0 Å². The van der Waals surface area contributed by atoms with Crippen LogP contribution in [0, 0.1) is 0 Å². The molecule has 0 fully saturated rings. The SMILES string of the molecule is CCCN(CCC)S(=O)(=O)c1ccc(C(=O)Nc2ccc(N=Nc3ccccc3)cc2)cc1. The van der Waals surface area contributed by atoms with Crippen molar-refractivity contribution in [1.29, 1.82) is 0 Å². The first-order valence-corrected chi connectivity index (χ1v) is 12.4. The summed E-state index contributed by atoms with van der Waals surface area (Å²) in [6.45, 7) is 4.84. The van der Waals surface area contributed by atoms with Crippen LogP contribution >= 0.6 is 0 Å². The van der Waals surface area contributed by atoms with E-state index in [0.717, 1.165) is 18.5 Å². The minimum absolute atomic E-state index is 0.189. The van der Waals surface area contributed by atoms with Crippen molar-refractivity contribution in [2.24, 2.45) is 10.2 Å². The van der Waals surface area contributed by atoms with Crippen LogP contribution < -0.4 is 5.32 Å². The van der Waals surface area contributed by atoms with E-state index in [2.05, 4.69) is 15.5 Å². The Morgan fingerprint density at radius 2 is 1.33 bits per heavy atom. The van der Waals surface area contributed by atoms with Crippen LogP contribution in [0.2, 0.25) is 0 Å². The second kappa shape index (κ2) is 11.5. The molecule has 0 radical (unpaired) electrons. The molecule has 1 amide bonds. The standard InChI is InChI=1S/C25H28N4O3S/c1-3-18-29(19-4-2)33(31,32)24-16-10-20(11-17-24)25(30)26-21-12-14-23(15-13-21)28-27-22-8-6-5-7-9-22/h5-17H,3-4,18-19H2,1-2H3,(H,26,30). The molecule has 0 bridgehead atoms. The fourth-order valence-corrected chi connectivity index (χ4v) is 4.83. The van der Waals surface area contributed by atoms with E-state index in [1.807, 2.05) is 44.2 Å². The number of benzene rings is 3. The summed E-state index contributed by atoms with van der Waals surface area (Å²) >= 11 is 0. The number of carbonyl (C=O) groups is 1. The minimum Gasteiger partial charge on any atom is -0.322 e. The molecule has 0 unspecified atom stereocenters. The van der Waals surface area contributed by atoms with Gasteiger partial charge in [0.2, 0.25) is 10.0 Å². The average molecular weight is 465 g/mol. The highest BCUT2D eigenvalue weighted by Crippen LogP contribution is 2.21. The monoisotopic (exact) mass is 464 g/mol. The van der Waals surface area contributed by atoms with E-state index in [-0.39, 0.29) is 10.8 Å². The van der Waals surface area contributed by atoms with E-state index < -0.39 is 10.0 Å². The van der Waals surface area contributed by atoms with Crippen LogP contribution in [0.3, 0.4) is 0 Å². The third kappa shape index (κ3) is 6.57. The summed E-state index contributed by atoms with van der Waals surface area (Å²) in [5, 5.41) is 11.2. The Hall–Kier alpha value is -3.36. The van der Waals surface area contributed by atoms with E-state index in [1.54, 1.807) is 24.3 Å². The van der Waals surface area contributed by atoms with Gasteiger partial charge in [0.05, 0.1) is 16.3 Å². The Morgan fingerprint density at radius 1 is 0.788 bits per heavy atom. The number of anilines is 1. The highest BCUT2D eigenvalue weighted by Gasteiger charge is 2.23. The minimum atomic E-state index is -3.57. The highest BCUT2D eigenvalue weighted by atomic mass is 32.2. The van der Waals surface area contributed by atoms with Crippen molar-refractivity contribution in [2.45, 2.75) is 31.6 Å². The number of hydrogen-bond donors (Lipinski definition) is 1. The summed E-state index contributed by atoms with van der Waals surface area (Å²) in [5.74, 6) is -0.323. The predicted octanol–water partition coefficient (Wildman–Crippen LogP) is 6.17. The first-order chi connectivity index (χ1) is 15.9. The molecule has 0 saturated carbocycles. The lowest BCUT2D eigenvalue weighted by atomic mass is 10.2. The molecule has 3 aromatic carbocycles. The van der Waals surface area contributed by atoms with Gasteiger partial charge in [0.25, 0.3) is 5.91 Å². The summed E-state index contributed by atoms with van der Waals surface area (Å²) < 4.78 is 27.2. The van der Waals surface area contributed by atoms with Gasteiger partial charge in [-0.15, -0.1) is 0 Å². The molecule has 0 atom stereocenters. The molecule has 0 heterocycles. The largest absolute Gasteiger partial charge is 0.322 e. The zero-order chi connectivity index (χ0) is 23.7. The molecular formula is C25H28N4O3S. The van der Waals surface area contributed by atoms with E-state index in [1.165, 1.54) is 28.6 Å². The Balaban J connectivity index is 1.65. The summed E-state index contributed by atoms with van der Waals surface area (Å²) in [5.41, 5.74) is 2.40. The number of rotatable bonds is 10. The number of nitrogens with one attached hydrogen (secondary N) is 1. The van der Waals surface area contributed by atoms with Gasteiger partial charge in [-0.25, -0.2) is 8.42 Å². The maximum absolute atomic E-state index is 12.9. The zero-order valence-electron chi connectivity index (χ0n) is 18.8. The Morgan fingerprint density at radius 3 is 1.88 bits per heavy atom. The highest BCUT2D eigenvalue weighted by molar-refractivity contribution is 7.89. The molecule has 7 nitrogen and oxygen atoms in total. The van der Waals surface area contributed by atoms with Gasteiger partial charge in [0, 0.05) is 24.3 Å². The van der Waals surface area contributed by atoms with Gasteiger partial charge in [-0.05, 0) is 73.5 Å². The smallest absolute Gasteiger partial charge is 0.255 e. The molecule has 3 rings (SSSR count). The molecule has 0 saturated heterocycles. The molecule has 0 aliphatic carbocycles. The van der Waals surface area contributed by atoms with Gasteiger partial charge < -0.3 is 5.32 Å². The van der Waals surface area contributed by atoms with Crippen LogP contribution in [0.25, 0.3) is 0 Å². The zero-order valence-corrected chi connectivity index (χ0v) is 19.6. The van der Waals surface area contributed by atoms with Crippen molar-refractivity contribution < 1.29 is 13.2 Å². The molecule has 8 heteroatoms. The topological polar surface area (TPSA) is 91.2 Å². The summed E-state index contributed by atoms with van der Waals surface area (Å²) in [4.78, 5) is 12.8. The lowest BCUT2D eigenvalue weighted by Crippen LogP contribution is -2.32. The van der Waals surface area contributed by atoms with Crippen molar-refractivity contribution in [2.75, 3.05) is 18.4 Å². The van der Waals surface area contributed by atoms with Crippen LogP contribution in [0.1, 0.15) is 37.0 Å². The summed E-state index contributed by atoms with van der Waals surface area (Å²) in [6, 6.07) is 22.4. The van der Waals surface area contributed by atoms with Crippen molar-refractivity contribution in [3.8, 4) is 0 Å². The van der Waals surface area contributed by atoms with Crippen molar-refractivity contribution >= 4 is 33.0 Å². The quantitative estimate of drug-likeness (QED) is 0.364. The van der Waals surface area contributed by atoms with Gasteiger partial charge in [-0.2, -0.15) is 14.5 Å². The molecule has 3 aromatic rings. The van der Waals surface area contributed by atoms with Crippen LogP contribution in [0.15, 0.2) is 94.0 Å². The second-order valence-electron chi connectivity index (χ2n) is 7.47. The third-order valence-electron chi connectivity index (χ3n) is 4.86. The Kier molecular flexibility index (Phi) is 8.46. The number of azo groups is 1. The predicted molar refractivity (Wildman–Crippen MR) is 131 cm³/mol. The van der Waals surface area contributed by atoms with Gasteiger partial charge in [-0.1, -0.05) is 32.0 Å². The second-order valence-corrected chi connectivity index (χ2v) is 9.40. The molecule has 0 aromatic heterocycles. The number of nitrogens with zero attached hydrogens (tertiary/aromatic N) is 3. The van der Waals surface area contributed by atoms with Gasteiger partial charge in [-0.3, -0.25) is 4.79 Å². The summed E-state index contributed by atoms with van der Waals surface area (Å²) in [7, 11) is -3.57. The van der Waals surface area contributed by atoms with Crippen LogP contribution in [0.4, 0.5) is 17.1 Å². The van der Waals surface area contributed by atoms with Crippen molar-refractivity contribution in [3.63, 3.8) is 0 Å². The van der Waals surface area contributed by atoms with E-state index in [4.69, 9.17) is 0 Å². The third-order valence-corrected chi connectivity index (χ3v) is 6.78. The fraction of sp³-hybridized carbons (Fsp3) is 0.240. The van der Waals surface area contributed by atoms with Crippen molar-refractivity contribution in [3.05, 3.63) is 84.4 Å². The average Bonchev–Trinajstić information content (AvgIpc) is 2.84. The first-order valence-electron chi connectivity index (χ1n) is 10.9. The number of sulfonamides is 1. The maximum Gasteiger partial charge on any atom is 0.255 e. The van der Waals surface area contributed by atoms with Crippen LogP contribution in [-0.2, 0) is 10.0 Å². The molecule has 0 aliphatic heterocycles. The molecule has 0 spiro atoms. The van der Waals surface area contributed by atoms with E-state index in [9.17, 15) is 13.2 Å². The first kappa shape index (κ1) is 24.3. The Bertz CT molecular complexity index is 1170. The maximum atomic E-state index is 12.9. The van der Waals surface area contributed by atoms with Crippen molar-refractivity contribution in [1.82, 2.24) is 4.31 Å². The Labute approximate surface area is 195 Å². The molecule has 1 N–H and O–H groups in total. The normalized spacial score (nSPS) is 11.7. The fourth-order valence-electron chi connectivity index (χ4n) is 3.20. The lowest BCUT2D eigenvalue weighted by Gasteiger charge is -2.21. The molecular weight excluding hydrogens is 436 g/mol. The van der Waals surface area contributed by atoms with E-state index >= 15 is 0 Å². The van der Waals surface area contributed by atoms with E-state index in [0.29, 0.717) is 30.0 Å². The molecule has 0 aliphatic rings. The number of carbonyl (C=O) groups excluding carboxylic acids is 1. The summed E-state index contributed by atoms with van der Waals surface area (Å²) in [6.07, 6.45) is 1.48. The number of hydrogen-bond acceptors (Lipinski definition) is 5. The van der Waals surface area contributed by atoms with Crippen LogP contribution in [-0.4, -0.2) is 31.7 Å². The molecule has 172 valence electrons.